The van der Waals surface area contributed by atoms with Crippen molar-refractivity contribution >= 4 is 56.5 Å². The number of carbonyl (C=O) groups is 2. The molecule has 0 radical (unpaired) electrons. The number of rotatable bonds is 8. The molecule has 1 N–H and O–H groups in total. The number of thioether (sulfide) groups is 1. The summed E-state index contributed by atoms with van der Waals surface area (Å²) in [6.07, 6.45) is 3.37. The molecule has 38 heavy (non-hydrogen) atoms. The van der Waals surface area contributed by atoms with Crippen LogP contribution in [0.25, 0.3) is 6.08 Å². The predicted molar refractivity (Wildman–Crippen MR) is 150 cm³/mol. The molecule has 0 unspecified atom stereocenters. The minimum Gasteiger partial charge on any atom is -0.488 e. The van der Waals surface area contributed by atoms with E-state index in [2.05, 4.69) is 15.9 Å². The zero-order valence-corrected chi connectivity index (χ0v) is 22.3. The Balaban J connectivity index is 1.43. The van der Waals surface area contributed by atoms with Crippen LogP contribution >= 0.6 is 27.7 Å². The van der Waals surface area contributed by atoms with Gasteiger partial charge in [-0.15, -0.1) is 0 Å². The van der Waals surface area contributed by atoms with Crippen molar-refractivity contribution < 1.29 is 23.8 Å². The van der Waals surface area contributed by atoms with Crippen LogP contribution in [0, 0.1) is 0 Å². The summed E-state index contributed by atoms with van der Waals surface area (Å²) in [5.41, 5.74) is 2.50. The highest BCUT2D eigenvalue weighted by Gasteiger charge is 2.34. The normalized spacial score (nSPS) is 15.4. The number of halogens is 1. The van der Waals surface area contributed by atoms with Gasteiger partial charge in [0.25, 0.3) is 5.91 Å². The molecule has 7 nitrogen and oxygen atoms in total. The molecule has 0 saturated carbocycles. The first kappa shape index (κ1) is 25.6. The number of para-hydroxylation sites is 1. The van der Waals surface area contributed by atoms with Crippen molar-refractivity contribution in [2.24, 2.45) is 4.99 Å². The van der Waals surface area contributed by atoms with Crippen LogP contribution in [0.2, 0.25) is 0 Å². The Labute approximate surface area is 231 Å². The summed E-state index contributed by atoms with van der Waals surface area (Å²) in [5.74, 6) is 0.0781. The number of aliphatic imine (C=N–C) groups is 1. The second-order valence-electron chi connectivity index (χ2n) is 8.28. The summed E-state index contributed by atoms with van der Waals surface area (Å²) in [5, 5.41) is 9.66. The molecule has 190 valence electrons. The van der Waals surface area contributed by atoms with Gasteiger partial charge in [-0.25, -0.2) is 9.79 Å². The van der Waals surface area contributed by atoms with Crippen molar-refractivity contribution in [2.45, 2.75) is 13.2 Å². The highest BCUT2D eigenvalue weighted by molar-refractivity contribution is 9.10. The first-order valence-electron chi connectivity index (χ1n) is 11.6. The lowest BCUT2D eigenvalue weighted by Gasteiger charge is -2.14. The van der Waals surface area contributed by atoms with Crippen molar-refractivity contribution in [1.29, 1.82) is 0 Å². The number of hydrogen-bond acceptors (Lipinski definition) is 6. The Morgan fingerprint density at radius 3 is 2.55 bits per heavy atom. The summed E-state index contributed by atoms with van der Waals surface area (Å²) in [6, 6.07) is 25.2. The third-order valence-electron chi connectivity index (χ3n) is 5.62. The van der Waals surface area contributed by atoms with Crippen molar-refractivity contribution in [1.82, 2.24) is 4.90 Å². The van der Waals surface area contributed by atoms with Gasteiger partial charge < -0.3 is 14.3 Å². The summed E-state index contributed by atoms with van der Waals surface area (Å²) in [7, 11) is 0. The summed E-state index contributed by atoms with van der Waals surface area (Å²) >= 11 is 4.80. The average molecular weight is 589 g/mol. The van der Waals surface area contributed by atoms with Crippen molar-refractivity contribution in [2.75, 3.05) is 0 Å². The minimum absolute atomic E-state index is 0.184. The van der Waals surface area contributed by atoms with Gasteiger partial charge in [0.2, 0.25) is 0 Å². The standard InChI is InChI=1S/C29H21BrN2O5S/c30-22-12-13-25(37-18-19-8-10-20(11-9-19)28(34)35)21(15-22)16-26-27(33)32(17-24-7-4-14-36-24)29(38-26)31-23-5-2-1-3-6-23/h1-16H,17-18H2,(H,34,35)/b26-16+,31-29?. The van der Waals surface area contributed by atoms with E-state index in [1.807, 2.05) is 54.6 Å². The zero-order valence-electron chi connectivity index (χ0n) is 19.9. The van der Waals surface area contributed by atoms with Crippen molar-refractivity contribution in [3.63, 3.8) is 0 Å². The van der Waals surface area contributed by atoms with Gasteiger partial charge in [-0.05, 0) is 78.0 Å². The summed E-state index contributed by atoms with van der Waals surface area (Å²) in [4.78, 5) is 31.4. The quantitative estimate of drug-likeness (QED) is 0.220. The lowest BCUT2D eigenvalue weighted by Crippen LogP contribution is -2.28. The number of furan rings is 1. The van der Waals surface area contributed by atoms with E-state index < -0.39 is 5.97 Å². The van der Waals surface area contributed by atoms with Crippen LogP contribution in [0.15, 0.2) is 110 Å². The van der Waals surface area contributed by atoms with Crippen molar-refractivity contribution in [3.8, 4) is 5.75 Å². The van der Waals surface area contributed by atoms with Gasteiger partial charge in [-0.2, -0.15) is 0 Å². The molecule has 2 heterocycles. The van der Waals surface area contributed by atoms with Crippen LogP contribution in [-0.4, -0.2) is 27.1 Å². The van der Waals surface area contributed by atoms with Crippen LogP contribution < -0.4 is 4.74 Å². The number of nitrogens with zero attached hydrogens (tertiary/aromatic N) is 2. The molecule has 9 heteroatoms. The molecule has 0 spiro atoms. The van der Waals surface area contributed by atoms with Gasteiger partial charge in [0.1, 0.15) is 18.1 Å². The predicted octanol–water partition coefficient (Wildman–Crippen LogP) is 7.12. The van der Waals surface area contributed by atoms with E-state index in [9.17, 15) is 9.59 Å². The van der Waals surface area contributed by atoms with Crippen LogP contribution in [-0.2, 0) is 17.9 Å². The fourth-order valence-corrected chi connectivity index (χ4v) is 5.08. The van der Waals surface area contributed by atoms with Crippen LogP contribution in [0.5, 0.6) is 5.75 Å². The van der Waals surface area contributed by atoms with Gasteiger partial charge in [0.05, 0.1) is 29.0 Å². The second-order valence-corrected chi connectivity index (χ2v) is 10.2. The number of hydrogen-bond donors (Lipinski definition) is 1. The Bertz CT molecular complexity index is 1520. The smallest absolute Gasteiger partial charge is 0.335 e. The Morgan fingerprint density at radius 2 is 1.84 bits per heavy atom. The fourth-order valence-electron chi connectivity index (χ4n) is 3.71. The van der Waals surface area contributed by atoms with Crippen molar-refractivity contribution in [3.05, 3.63) is 123 Å². The average Bonchev–Trinajstić information content (AvgIpc) is 3.53. The van der Waals surface area contributed by atoms with E-state index in [0.29, 0.717) is 21.6 Å². The molecule has 1 aliphatic heterocycles. The van der Waals surface area contributed by atoms with Crippen LogP contribution in [0.1, 0.15) is 27.2 Å². The van der Waals surface area contributed by atoms with E-state index in [-0.39, 0.29) is 24.6 Å². The molecule has 5 rings (SSSR count). The maximum atomic E-state index is 13.5. The third-order valence-corrected chi connectivity index (χ3v) is 7.12. The molecule has 0 atom stereocenters. The molecule has 0 bridgehead atoms. The van der Waals surface area contributed by atoms with Gasteiger partial charge in [0, 0.05) is 10.0 Å². The van der Waals surface area contributed by atoms with E-state index >= 15 is 0 Å². The molecule has 1 aromatic heterocycles. The highest BCUT2D eigenvalue weighted by atomic mass is 79.9. The van der Waals surface area contributed by atoms with Crippen LogP contribution in [0.3, 0.4) is 0 Å². The molecule has 1 fully saturated rings. The Kier molecular flexibility index (Phi) is 7.76. The first-order valence-corrected chi connectivity index (χ1v) is 13.2. The molecule has 1 aliphatic rings. The lowest BCUT2D eigenvalue weighted by molar-refractivity contribution is -0.122. The maximum Gasteiger partial charge on any atom is 0.335 e. The van der Waals surface area contributed by atoms with Crippen LogP contribution in [0.4, 0.5) is 5.69 Å². The van der Waals surface area contributed by atoms with E-state index in [1.54, 1.807) is 47.6 Å². The highest BCUT2D eigenvalue weighted by Crippen LogP contribution is 2.37. The van der Waals surface area contributed by atoms with Gasteiger partial charge in [0.15, 0.2) is 5.17 Å². The Morgan fingerprint density at radius 1 is 1.05 bits per heavy atom. The fraction of sp³-hybridized carbons (Fsp3) is 0.0690. The summed E-state index contributed by atoms with van der Waals surface area (Å²) in [6.45, 7) is 0.500. The number of carbonyl (C=O) groups excluding carboxylic acids is 1. The van der Waals surface area contributed by atoms with Gasteiger partial charge in [-0.3, -0.25) is 9.69 Å². The van der Waals surface area contributed by atoms with E-state index in [1.165, 1.54) is 11.8 Å². The summed E-state index contributed by atoms with van der Waals surface area (Å²) < 4.78 is 12.4. The SMILES string of the molecule is O=C(O)c1ccc(COc2ccc(Br)cc2/C=C2/SC(=Nc3ccccc3)N(Cc3ccco3)C2=O)cc1. The number of carboxylic acid groups (broad SMARTS) is 1. The zero-order chi connectivity index (χ0) is 26.5. The number of amidine groups is 1. The second kappa shape index (κ2) is 11.5. The number of carboxylic acids is 1. The lowest BCUT2D eigenvalue weighted by atomic mass is 10.1. The molecule has 4 aromatic rings. The Hall–Kier alpha value is -4.08. The molecule has 1 saturated heterocycles. The number of ether oxygens (including phenoxy) is 1. The maximum absolute atomic E-state index is 13.5. The third kappa shape index (κ3) is 6.07. The minimum atomic E-state index is -0.978. The first-order chi connectivity index (χ1) is 18.5. The molecular formula is C29H21BrN2O5S. The molecular weight excluding hydrogens is 568 g/mol. The molecule has 1 amide bonds. The topological polar surface area (TPSA) is 92.3 Å². The van der Waals surface area contributed by atoms with Gasteiger partial charge in [-0.1, -0.05) is 46.3 Å². The molecule has 3 aromatic carbocycles. The van der Waals surface area contributed by atoms with Gasteiger partial charge >= 0.3 is 5.97 Å². The van der Waals surface area contributed by atoms with E-state index in [4.69, 9.17) is 19.3 Å². The molecule has 0 aliphatic carbocycles. The number of aromatic carboxylic acids is 1. The number of amides is 1. The monoisotopic (exact) mass is 588 g/mol. The number of benzene rings is 3. The van der Waals surface area contributed by atoms with E-state index in [0.717, 1.165) is 21.3 Å². The largest absolute Gasteiger partial charge is 0.488 e.